The maximum absolute atomic E-state index is 12.1. The largest absolute Gasteiger partial charge is 0.297 e. The second kappa shape index (κ2) is 6.32. The highest BCUT2D eigenvalue weighted by Crippen LogP contribution is 2.19. The molecule has 122 valence electrons. The lowest BCUT2D eigenvalue weighted by molar-refractivity contribution is 0.0742. The molecule has 0 radical (unpaired) electrons. The summed E-state index contributed by atoms with van der Waals surface area (Å²) >= 11 is 0. The average Bonchev–Trinajstić information content (AvgIpc) is 3.08. The third kappa shape index (κ3) is 3.09. The second-order valence-corrected chi connectivity index (χ2v) is 5.93. The Morgan fingerprint density at radius 3 is 2.75 bits per heavy atom. The Kier molecular flexibility index (Phi) is 3.87. The predicted octanol–water partition coefficient (Wildman–Crippen LogP) is 0.820. The average molecular weight is 324 g/mol. The molecule has 0 aromatic carbocycles. The number of nitrogens with zero attached hydrogens (tertiary/aromatic N) is 6. The molecular weight excluding hydrogens is 308 g/mol. The van der Waals surface area contributed by atoms with Crippen molar-refractivity contribution in [2.45, 2.75) is 13.1 Å². The van der Waals surface area contributed by atoms with Gasteiger partial charge in [0.2, 0.25) is 0 Å². The summed E-state index contributed by atoms with van der Waals surface area (Å²) in [6.45, 7) is 3.14. The van der Waals surface area contributed by atoms with E-state index >= 15 is 0 Å². The first kappa shape index (κ1) is 14.7. The summed E-state index contributed by atoms with van der Waals surface area (Å²) in [6.07, 6.45) is 5.06. The fourth-order valence-electron chi connectivity index (χ4n) is 2.91. The molecule has 0 atom stereocenters. The van der Waals surface area contributed by atoms with Gasteiger partial charge in [0.15, 0.2) is 0 Å². The summed E-state index contributed by atoms with van der Waals surface area (Å²) in [4.78, 5) is 18.3. The first-order chi connectivity index (χ1) is 11.8. The molecule has 4 rings (SSSR count). The molecule has 8 heteroatoms. The molecule has 0 unspecified atom stereocenters. The number of hydrogen-bond acceptors (Lipinski definition) is 7. The molecule has 1 aliphatic rings. The van der Waals surface area contributed by atoms with Crippen molar-refractivity contribution in [1.82, 2.24) is 30.0 Å². The minimum absolute atomic E-state index is 0.0769. The molecule has 3 aromatic heterocycles. The summed E-state index contributed by atoms with van der Waals surface area (Å²) in [5.41, 5.74) is 2.48. The molecule has 0 aliphatic carbocycles. The van der Waals surface area contributed by atoms with Crippen LogP contribution in [0.2, 0.25) is 0 Å². The zero-order valence-electron chi connectivity index (χ0n) is 12.9. The van der Waals surface area contributed by atoms with Gasteiger partial charge in [-0.3, -0.25) is 14.7 Å². The normalized spacial score (nSPS) is 15.3. The van der Waals surface area contributed by atoms with Crippen LogP contribution in [0, 0.1) is 5.92 Å². The second-order valence-electron chi connectivity index (χ2n) is 5.93. The highest BCUT2D eigenvalue weighted by molar-refractivity contribution is 5.56. The van der Waals surface area contributed by atoms with Gasteiger partial charge >= 0.3 is 0 Å². The lowest BCUT2D eigenvalue weighted by Crippen LogP contribution is -2.48. The van der Waals surface area contributed by atoms with Gasteiger partial charge in [0, 0.05) is 49.6 Å². The van der Waals surface area contributed by atoms with E-state index in [0.29, 0.717) is 12.5 Å². The Morgan fingerprint density at radius 2 is 2.00 bits per heavy atom. The summed E-state index contributed by atoms with van der Waals surface area (Å²) in [5, 5.41) is 11.9. The van der Waals surface area contributed by atoms with Gasteiger partial charge in [-0.15, -0.1) is 0 Å². The molecule has 8 nitrogen and oxygen atoms in total. The lowest BCUT2D eigenvalue weighted by Gasteiger charge is -2.38. The predicted molar refractivity (Wildman–Crippen MR) is 84.8 cm³/mol. The molecule has 24 heavy (non-hydrogen) atoms. The van der Waals surface area contributed by atoms with Gasteiger partial charge in [0.05, 0.1) is 18.4 Å². The summed E-state index contributed by atoms with van der Waals surface area (Å²) in [6, 6.07) is 7.08. The Morgan fingerprint density at radius 1 is 1.17 bits per heavy atom. The van der Waals surface area contributed by atoms with E-state index in [1.54, 1.807) is 35.4 Å². The van der Waals surface area contributed by atoms with Gasteiger partial charge in [-0.25, -0.2) is 9.31 Å². The van der Waals surface area contributed by atoms with Gasteiger partial charge in [-0.1, -0.05) is 10.3 Å². The van der Waals surface area contributed by atoms with E-state index in [0.717, 1.165) is 36.6 Å². The van der Waals surface area contributed by atoms with Crippen molar-refractivity contribution in [2.75, 3.05) is 13.1 Å². The van der Waals surface area contributed by atoms with Gasteiger partial charge in [-0.2, -0.15) is 5.10 Å². The van der Waals surface area contributed by atoms with Crippen LogP contribution in [-0.4, -0.2) is 43.1 Å². The van der Waals surface area contributed by atoms with Crippen LogP contribution < -0.4 is 5.56 Å². The molecule has 0 N–H and O–H groups in total. The highest BCUT2D eigenvalue weighted by Gasteiger charge is 2.28. The zero-order chi connectivity index (χ0) is 16.4. The van der Waals surface area contributed by atoms with Crippen LogP contribution in [0.25, 0.3) is 11.3 Å². The third-order valence-electron chi connectivity index (χ3n) is 4.10. The van der Waals surface area contributed by atoms with E-state index in [-0.39, 0.29) is 5.56 Å². The van der Waals surface area contributed by atoms with Crippen molar-refractivity contribution in [3.8, 4) is 11.3 Å². The summed E-state index contributed by atoms with van der Waals surface area (Å²) in [5.74, 6) is 0.405. The van der Waals surface area contributed by atoms with Crippen molar-refractivity contribution >= 4 is 0 Å². The SMILES string of the molecule is O=c1ccc(-c2ccncc2)nn1CC1CN(Cc2cnon2)C1. The van der Waals surface area contributed by atoms with Crippen LogP contribution in [0.4, 0.5) is 0 Å². The van der Waals surface area contributed by atoms with Crippen molar-refractivity contribution in [3.05, 3.63) is 58.9 Å². The monoisotopic (exact) mass is 324 g/mol. The van der Waals surface area contributed by atoms with Crippen molar-refractivity contribution in [1.29, 1.82) is 0 Å². The van der Waals surface area contributed by atoms with Crippen LogP contribution >= 0.6 is 0 Å². The van der Waals surface area contributed by atoms with E-state index in [2.05, 4.69) is 29.9 Å². The Hall–Kier alpha value is -2.87. The quantitative estimate of drug-likeness (QED) is 0.686. The molecule has 0 amide bonds. The zero-order valence-corrected chi connectivity index (χ0v) is 12.9. The summed E-state index contributed by atoms with van der Waals surface area (Å²) < 4.78 is 6.14. The van der Waals surface area contributed by atoms with Crippen LogP contribution in [0.5, 0.6) is 0 Å². The smallest absolute Gasteiger partial charge is 0.266 e. The van der Waals surface area contributed by atoms with E-state index in [4.69, 9.17) is 0 Å². The highest BCUT2D eigenvalue weighted by atomic mass is 16.6. The molecule has 1 fully saturated rings. The summed E-state index contributed by atoms with van der Waals surface area (Å²) in [7, 11) is 0. The van der Waals surface area contributed by atoms with Crippen molar-refractivity contribution in [3.63, 3.8) is 0 Å². The number of rotatable bonds is 5. The van der Waals surface area contributed by atoms with E-state index in [1.807, 2.05) is 12.1 Å². The molecule has 0 bridgehead atoms. The molecule has 3 aromatic rings. The van der Waals surface area contributed by atoms with Crippen LogP contribution in [0.3, 0.4) is 0 Å². The lowest BCUT2D eigenvalue weighted by atomic mass is 10.00. The molecule has 0 saturated carbocycles. The fraction of sp³-hybridized carbons (Fsp3) is 0.312. The minimum Gasteiger partial charge on any atom is -0.297 e. The maximum atomic E-state index is 12.1. The Bertz CT molecular complexity index is 856. The van der Waals surface area contributed by atoms with Gasteiger partial charge in [0.25, 0.3) is 5.56 Å². The van der Waals surface area contributed by atoms with Gasteiger partial charge in [-0.05, 0) is 18.2 Å². The Labute approximate surface area is 137 Å². The first-order valence-corrected chi connectivity index (χ1v) is 7.75. The number of hydrogen-bond donors (Lipinski definition) is 0. The number of pyridine rings is 1. The molecule has 4 heterocycles. The fourth-order valence-corrected chi connectivity index (χ4v) is 2.91. The third-order valence-corrected chi connectivity index (χ3v) is 4.10. The van der Waals surface area contributed by atoms with E-state index < -0.39 is 0 Å². The van der Waals surface area contributed by atoms with E-state index in [1.165, 1.54) is 0 Å². The van der Waals surface area contributed by atoms with Crippen LogP contribution in [-0.2, 0) is 13.1 Å². The Balaban J connectivity index is 1.41. The van der Waals surface area contributed by atoms with Gasteiger partial charge < -0.3 is 0 Å². The van der Waals surface area contributed by atoms with E-state index in [9.17, 15) is 4.79 Å². The van der Waals surface area contributed by atoms with Gasteiger partial charge in [0.1, 0.15) is 5.69 Å². The molecular formula is C16H16N6O2. The van der Waals surface area contributed by atoms with Crippen molar-refractivity contribution in [2.24, 2.45) is 5.92 Å². The molecule has 1 saturated heterocycles. The number of aromatic nitrogens is 5. The van der Waals surface area contributed by atoms with Crippen LogP contribution in [0.1, 0.15) is 5.69 Å². The minimum atomic E-state index is -0.0769. The topological polar surface area (TPSA) is 89.9 Å². The van der Waals surface area contributed by atoms with Crippen LogP contribution in [0.15, 0.2) is 52.3 Å². The van der Waals surface area contributed by atoms with Crippen molar-refractivity contribution < 1.29 is 4.63 Å². The standard InChI is InChI=1S/C16H16N6O2/c23-16-2-1-15(13-3-5-17-6-4-13)19-22(16)10-12-8-21(9-12)11-14-7-18-24-20-14/h1-7,12H,8-11H2. The molecule has 1 aliphatic heterocycles. The first-order valence-electron chi connectivity index (χ1n) is 7.75. The molecule has 0 spiro atoms. The maximum Gasteiger partial charge on any atom is 0.266 e. The number of likely N-dealkylation sites (tertiary alicyclic amines) is 1.